The van der Waals surface area contributed by atoms with Gasteiger partial charge in [-0.1, -0.05) is 13.0 Å². The van der Waals surface area contributed by atoms with Crippen LogP contribution in [0.25, 0.3) is 0 Å². The first kappa shape index (κ1) is 10.6. The Hall–Kier alpha value is -1.49. The first-order valence-electron chi connectivity index (χ1n) is 4.20. The smallest absolute Gasteiger partial charge is 0.304 e. The number of nitro groups is 1. The van der Waals surface area contributed by atoms with Crippen LogP contribution in [0.15, 0.2) is 18.2 Å². The van der Waals surface area contributed by atoms with Gasteiger partial charge in [-0.15, -0.1) is 0 Å². The van der Waals surface area contributed by atoms with E-state index in [1.165, 1.54) is 6.07 Å². The highest BCUT2D eigenvalue weighted by molar-refractivity contribution is 5.36. The standard InChI is InChI=1S/C9H11FN2O2/c1-6(5-11)7-2-3-9(12(13)14)8(10)4-7/h2-4,6H,5,11H2,1H3. The van der Waals surface area contributed by atoms with E-state index in [0.717, 1.165) is 12.1 Å². The number of halogens is 1. The molecule has 0 aliphatic carbocycles. The van der Waals surface area contributed by atoms with Gasteiger partial charge in [0.05, 0.1) is 4.92 Å². The Bertz CT molecular complexity index is 355. The average molecular weight is 198 g/mol. The summed E-state index contributed by atoms with van der Waals surface area (Å²) in [6.45, 7) is 2.22. The molecule has 76 valence electrons. The van der Waals surface area contributed by atoms with Crippen molar-refractivity contribution in [3.05, 3.63) is 39.7 Å². The van der Waals surface area contributed by atoms with Gasteiger partial charge in [-0.05, 0) is 24.1 Å². The Morgan fingerprint density at radius 3 is 2.71 bits per heavy atom. The van der Waals surface area contributed by atoms with Gasteiger partial charge in [0, 0.05) is 6.07 Å². The van der Waals surface area contributed by atoms with Crippen LogP contribution >= 0.6 is 0 Å². The Morgan fingerprint density at radius 2 is 2.29 bits per heavy atom. The first-order chi connectivity index (χ1) is 6.56. The third-order valence-corrected chi connectivity index (χ3v) is 2.09. The van der Waals surface area contributed by atoms with Gasteiger partial charge in [0.2, 0.25) is 5.82 Å². The molecule has 14 heavy (non-hydrogen) atoms. The SMILES string of the molecule is CC(CN)c1ccc([N+](=O)[O-])c(F)c1. The van der Waals surface area contributed by atoms with Crippen LogP contribution < -0.4 is 5.73 Å². The summed E-state index contributed by atoms with van der Waals surface area (Å²) < 4.78 is 13.1. The van der Waals surface area contributed by atoms with Crippen LogP contribution in [-0.2, 0) is 0 Å². The summed E-state index contributed by atoms with van der Waals surface area (Å²) in [5.74, 6) is -0.807. The maximum atomic E-state index is 13.1. The van der Waals surface area contributed by atoms with Crippen molar-refractivity contribution in [1.82, 2.24) is 0 Å². The Kier molecular flexibility index (Phi) is 3.14. The Labute approximate surface area is 80.7 Å². The van der Waals surface area contributed by atoms with Gasteiger partial charge in [-0.3, -0.25) is 10.1 Å². The maximum absolute atomic E-state index is 13.1. The van der Waals surface area contributed by atoms with Gasteiger partial charge in [0.1, 0.15) is 0 Å². The van der Waals surface area contributed by atoms with Crippen molar-refractivity contribution in [3.63, 3.8) is 0 Å². The van der Waals surface area contributed by atoms with E-state index in [-0.39, 0.29) is 5.92 Å². The Balaban J connectivity index is 3.06. The molecule has 2 N–H and O–H groups in total. The van der Waals surface area contributed by atoms with E-state index in [0.29, 0.717) is 12.1 Å². The van der Waals surface area contributed by atoms with Crippen LogP contribution in [0.1, 0.15) is 18.4 Å². The molecule has 0 aliphatic rings. The van der Waals surface area contributed by atoms with E-state index >= 15 is 0 Å². The lowest BCUT2D eigenvalue weighted by Crippen LogP contribution is -2.09. The molecule has 1 rings (SSSR count). The topological polar surface area (TPSA) is 69.2 Å². The molecule has 0 saturated carbocycles. The van der Waals surface area contributed by atoms with Gasteiger partial charge in [-0.2, -0.15) is 4.39 Å². The largest absolute Gasteiger partial charge is 0.330 e. The highest BCUT2D eigenvalue weighted by Crippen LogP contribution is 2.22. The zero-order chi connectivity index (χ0) is 10.7. The molecule has 0 saturated heterocycles. The summed E-state index contributed by atoms with van der Waals surface area (Å²) in [5, 5.41) is 10.3. The normalized spacial score (nSPS) is 12.5. The molecule has 4 nitrogen and oxygen atoms in total. The zero-order valence-electron chi connectivity index (χ0n) is 7.74. The highest BCUT2D eigenvalue weighted by Gasteiger charge is 2.15. The second-order valence-electron chi connectivity index (χ2n) is 3.10. The van der Waals surface area contributed by atoms with Crippen LogP contribution in [0.2, 0.25) is 0 Å². The molecule has 0 fully saturated rings. The summed E-state index contributed by atoms with van der Waals surface area (Å²) in [4.78, 5) is 9.57. The van der Waals surface area contributed by atoms with E-state index in [2.05, 4.69) is 0 Å². The van der Waals surface area contributed by atoms with E-state index in [9.17, 15) is 14.5 Å². The minimum absolute atomic E-state index is 0.00491. The molecule has 1 unspecified atom stereocenters. The maximum Gasteiger partial charge on any atom is 0.304 e. The minimum atomic E-state index is -0.812. The van der Waals surface area contributed by atoms with Crippen molar-refractivity contribution in [2.24, 2.45) is 5.73 Å². The van der Waals surface area contributed by atoms with Crippen LogP contribution in [-0.4, -0.2) is 11.5 Å². The minimum Gasteiger partial charge on any atom is -0.330 e. The molecule has 0 heterocycles. The van der Waals surface area contributed by atoms with Gasteiger partial charge in [-0.25, -0.2) is 0 Å². The third-order valence-electron chi connectivity index (χ3n) is 2.09. The average Bonchev–Trinajstić information content (AvgIpc) is 2.15. The van der Waals surface area contributed by atoms with E-state index < -0.39 is 16.4 Å². The first-order valence-corrected chi connectivity index (χ1v) is 4.20. The summed E-state index contributed by atoms with van der Waals surface area (Å²) >= 11 is 0. The number of benzene rings is 1. The molecule has 0 aromatic heterocycles. The number of rotatable bonds is 3. The fraction of sp³-hybridized carbons (Fsp3) is 0.333. The van der Waals surface area contributed by atoms with Gasteiger partial charge < -0.3 is 5.73 Å². The highest BCUT2D eigenvalue weighted by atomic mass is 19.1. The van der Waals surface area contributed by atoms with Gasteiger partial charge >= 0.3 is 5.69 Å². The van der Waals surface area contributed by atoms with Crippen molar-refractivity contribution in [2.45, 2.75) is 12.8 Å². The molecule has 0 spiro atoms. The lowest BCUT2D eigenvalue weighted by molar-refractivity contribution is -0.387. The number of hydrogen-bond acceptors (Lipinski definition) is 3. The van der Waals surface area contributed by atoms with Crippen molar-refractivity contribution < 1.29 is 9.31 Å². The molecule has 0 radical (unpaired) electrons. The second kappa shape index (κ2) is 4.15. The molecule has 0 bridgehead atoms. The van der Waals surface area contributed by atoms with Crippen LogP contribution in [0, 0.1) is 15.9 Å². The van der Waals surface area contributed by atoms with Crippen LogP contribution in [0.5, 0.6) is 0 Å². The van der Waals surface area contributed by atoms with Crippen LogP contribution in [0.3, 0.4) is 0 Å². The summed E-state index contributed by atoms with van der Waals surface area (Å²) in [7, 11) is 0. The summed E-state index contributed by atoms with van der Waals surface area (Å²) in [6, 6.07) is 3.85. The molecular formula is C9H11FN2O2. The van der Waals surface area contributed by atoms with Crippen molar-refractivity contribution in [3.8, 4) is 0 Å². The molecule has 5 heteroatoms. The lowest BCUT2D eigenvalue weighted by atomic mass is 10.0. The zero-order valence-corrected chi connectivity index (χ0v) is 7.74. The predicted molar refractivity (Wildman–Crippen MR) is 50.5 cm³/mol. The monoisotopic (exact) mass is 198 g/mol. The quantitative estimate of drug-likeness (QED) is 0.594. The van der Waals surface area contributed by atoms with E-state index in [1.807, 2.05) is 6.92 Å². The fourth-order valence-corrected chi connectivity index (χ4v) is 1.11. The predicted octanol–water partition coefficient (Wildman–Crippen LogP) is 1.80. The number of nitrogens with zero attached hydrogens (tertiary/aromatic N) is 1. The van der Waals surface area contributed by atoms with Gasteiger partial charge in [0.15, 0.2) is 0 Å². The van der Waals surface area contributed by atoms with Gasteiger partial charge in [0.25, 0.3) is 0 Å². The fourth-order valence-electron chi connectivity index (χ4n) is 1.11. The molecule has 0 aliphatic heterocycles. The van der Waals surface area contributed by atoms with Crippen molar-refractivity contribution >= 4 is 5.69 Å². The molecule has 1 aromatic carbocycles. The second-order valence-corrected chi connectivity index (χ2v) is 3.10. The number of hydrogen-bond donors (Lipinski definition) is 1. The van der Waals surface area contributed by atoms with E-state index in [4.69, 9.17) is 5.73 Å². The molecule has 1 atom stereocenters. The molecule has 1 aromatic rings. The number of nitro benzene ring substituents is 1. The summed E-state index contributed by atoms with van der Waals surface area (Å²) in [5.41, 5.74) is 5.57. The van der Waals surface area contributed by atoms with E-state index in [1.54, 1.807) is 0 Å². The van der Waals surface area contributed by atoms with Crippen molar-refractivity contribution in [2.75, 3.05) is 6.54 Å². The summed E-state index contributed by atoms with van der Waals surface area (Å²) in [6.07, 6.45) is 0. The Morgan fingerprint density at radius 1 is 1.64 bits per heavy atom. The number of nitrogens with two attached hydrogens (primary N) is 1. The molecule has 0 amide bonds. The molecular weight excluding hydrogens is 187 g/mol. The van der Waals surface area contributed by atoms with Crippen LogP contribution in [0.4, 0.5) is 10.1 Å². The lowest BCUT2D eigenvalue weighted by Gasteiger charge is -2.08. The van der Waals surface area contributed by atoms with Crippen molar-refractivity contribution in [1.29, 1.82) is 0 Å². The third kappa shape index (κ3) is 2.05.